The summed E-state index contributed by atoms with van der Waals surface area (Å²) in [7, 11) is 0. The molecule has 0 aromatic rings. The lowest BCUT2D eigenvalue weighted by atomic mass is 10.2. The molecule has 1 aliphatic rings. The van der Waals surface area contributed by atoms with E-state index in [4.69, 9.17) is 4.74 Å². The second kappa shape index (κ2) is 9.73. The number of hydrogen-bond donors (Lipinski definition) is 1. The number of ether oxygens (including phenoxy) is 1. The highest BCUT2D eigenvalue weighted by atomic mass is 16.5. The van der Waals surface area contributed by atoms with E-state index in [0.29, 0.717) is 13.2 Å². The second-order valence-corrected chi connectivity index (χ2v) is 5.49. The molecular formula is C15H28N2O4. The van der Waals surface area contributed by atoms with E-state index in [-0.39, 0.29) is 19.1 Å². The van der Waals surface area contributed by atoms with Crippen LogP contribution in [0.4, 0.5) is 0 Å². The normalized spacial score (nSPS) is 19.4. The number of nitrogens with zero attached hydrogens (tertiary/aromatic N) is 2. The summed E-state index contributed by atoms with van der Waals surface area (Å²) in [6.07, 6.45) is 4.07. The molecule has 6 heteroatoms. The molecule has 1 atom stereocenters. The van der Waals surface area contributed by atoms with Gasteiger partial charge in [-0.1, -0.05) is 26.7 Å². The average Bonchev–Trinajstić information content (AvgIpc) is 2.47. The van der Waals surface area contributed by atoms with Crippen LogP contribution in [0.15, 0.2) is 0 Å². The van der Waals surface area contributed by atoms with Gasteiger partial charge in [-0.25, -0.2) is 0 Å². The fraction of sp³-hybridized carbons (Fsp3) is 0.867. The van der Waals surface area contributed by atoms with Gasteiger partial charge in [0.25, 0.3) is 0 Å². The Morgan fingerprint density at radius 2 is 1.86 bits per heavy atom. The topological polar surface area (TPSA) is 70.1 Å². The molecule has 0 saturated carbocycles. The maximum absolute atomic E-state index is 12.4. The van der Waals surface area contributed by atoms with Crippen molar-refractivity contribution in [3.63, 3.8) is 0 Å². The summed E-state index contributed by atoms with van der Waals surface area (Å²) in [5.41, 5.74) is 0. The van der Waals surface area contributed by atoms with Gasteiger partial charge in [0.1, 0.15) is 6.04 Å². The van der Waals surface area contributed by atoms with Crippen molar-refractivity contribution >= 4 is 11.9 Å². The molecule has 21 heavy (non-hydrogen) atoms. The third kappa shape index (κ3) is 6.01. The number of carbonyl (C=O) groups excluding carboxylic acids is 1. The van der Waals surface area contributed by atoms with Crippen molar-refractivity contribution in [3.05, 3.63) is 0 Å². The molecule has 6 nitrogen and oxygen atoms in total. The van der Waals surface area contributed by atoms with Crippen LogP contribution in [-0.4, -0.2) is 72.2 Å². The first-order valence-electron chi connectivity index (χ1n) is 7.92. The van der Waals surface area contributed by atoms with Crippen LogP contribution in [-0.2, 0) is 14.3 Å². The molecule has 122 valence electrons. The average molecular weight is 300 g/mol. The Hall–Kier alpha value is -1.14. The highest BCUT2D eigenvalue weighted by Gasteiger charge is 2.31. The SMILES string of the molecule is CCCCN(CCCC)C(=O)CN1CCOCC1C(=O)O. The maximum Gasteiger partial charge on any atom is 0.323 e. The van der Waals surface area contributed by atoms with E-state index < -0.39 is 12.0 Å². The number of amides is 1. The molecule has 0 radical (unpaired) electrons. The quantitative estimate of drug-likeness (QED) is 0.693. The van der Waals surface area contributed by atoms with E-state index in [1.807, 2.05) is 4.90 Å². The van der Waals surface area contributed by atoms with Gasteiger partial charge < -0.3 is 14.7 Å². The minimum absolute atomic E-state index is 0.0325. The standard InChI is InChI=1S/C15H28N2O4/c1-3-5-7-16(8-6-4-2)14(18)11-17-9-10-21-12-13(17)15(19)20/h13H,3-12H2,1-2H3,(H,19,20). The zero-order chi connectivity index (χ0) is 15.7. The monoisotopic (exact) mass is 300 g/mol. The van der Waals surface area contributed by atoms with E-state index in [2.05, 4.69) is 13.8 Å². The molecule has 0 aliphatic carbocycles. The van der Waals surface area contributed by atoms with Gasteiger partial charge in [-0.15, -0.1) is 0 Å². The fourth-order valence-corrected chi connectivity index (χ4v) is 2.39. The predicted octanol–water partition coefficient (Wildman–Crippen LogP) is 1.20. The van der Waals surface area contributed by atoms with Crippen molar-refractivity contribution in [1.82, 2.24) is 9.80 Å². The van der Waals surface area contributed by atoms with Gasteiger partial charge in [0.15, 0.2) is 0 Å². The van der Waals surface area contributed by atoms with E-state index in [1.165, 1.54) is 0 Å². The summed E-state index contributed by atoms with van der Waals surface area (Å²) in [5, 5.41) is 9.20. The van der Waals surface area contributed by atoms with Crippen LogP contribution in [0.25, 0.3) is 0 Å². The molecule has 0 bridgehead atoms. The number of rotatable bonds is 9. The molecule has 0 aromatic carbocycles. The van der Waals surface area contributed by atoms with Gasteiger partial charge >= 0.3 is 5.97 Å². The highest BCUT2D eigenvalue weighted by molar-refractivity contribution is 5.80. The number of carboxylic acids is 1. The first-order chi connectivity index (χ1) is 10.1. The number of carbonyl (C=O) groups is 2. The van der Waals surface area contributed by atoms with Crippen molar-refractivity contribution in [2.75, 3.05) is 39.4 Å². The lowest BCUT2D eigenvalue weighted by Gasteiger charge is -2.34. The van der Waals surface area contributed by atoms with Crippen molar-refractivity contribution in [1.29, 1.82) is 0 Å². The maximum atomic E-state index is 12.4. The summed E-state index contributed by atoms with van der Waals surface area (Å²) in [6, 6.07) is -0.707. The minimum atomic E-state index is -0.920. The number of hydrogen-bond acceptors (Lipinski definition) is 4. The molecule has 1 unspecified atom stereocenters. The lowest BCUT2D eigenvalue weighted by Crippen LogP contribution is -2.53. The van der Waals surface area contributed by atoms with Crippen LogP contribution in [0.3, 0.4) is 0 Å². The molecule has 1 fully saturated rings. The van der Waals surface area contributed by atoms with Gasteiger partial charge in [-0.2, -0.15) is 0 Å². The number of carboxylic acid groups (broad SMARTS) is 1. The minimum Gasteiger partial charge on any atom is -0.480 e. The zero-order valence-electron chi connectivity index (χ0n) is 13.2. The Labute approximate surface area is 127 Å². The van der Waals surface area contributed by atoms with Gasteiger partial charge in [0.2, 0.25) is 5.91 Å². The molecule has 1 aliphatic heterocycles. The summed E-state index contributed by atoms with van der Waals surface area (Å²) in [5.74, 6) is -0.888. The molecule has 1 amide bonds. The number of morpholine rings is 1. The fourth-order valence-electron chi connectivity index (χ4n) is 2.39. The third-order valence-corrected chi connectivity index (χ3v) is 3.78. The van der Waals surface area contributed by atoms with Gasteiger partial charge in [0.05, 0.1) is 19.8 Å². The Bertz CT molecular complexity index is 328. The molecule has 0 aromatic heterocycles. The Balaban J connectivity index is 2.58. The third-order valence-electron chi connectivity index (χ3n) is 3.78. The predicted molar refractivity (Wildman–Crippen MR) is 80.2 cm³/mol. The van der Waals surface area contributed by atoms with Crippen LogP contribution in [0.1, 0.15) is 39.5 Å². The van der Waals surface area contributed by atoms with E-state index in [0.717, 1.165) is 38.8 Å². The van der Waals surface area contributed by atoms with Crippen LogP contribution in [0.5, 0.6) is 0 Å². The highest BCUT2D eigenvalue weighted by Crippen LogP contribution is 2.09. The summed E-state index contributed by atoms with van der Waals surface area (Å²) in [4.78, 5) is 27.3. The summed E-state index contributed by atoms with van der Waals surface area (Å²) in [6.45, 7) is 7.05. The van der Waals surface area contributed by atoms with Crippen molar-refractivity contribution in [2.24, 2.45) is 0 Å². The van der Waals surface area contributed by atoms with E-state index in [1.54, 1.807) is 4.90 Å². The van der Waals surface area contributed by atoms with Crippen LogP contribution < -0.4 is 0 Å². The van der Waals surface area contributed by atoms with E-state index >= 15 is 0 Å². The van der Waals surface area contributed by atoms with E-state index in [9.17, 15) is 14.7 Å². The second-order valence-electron chi connectivity index (χ2n) is 5.49. The molecular weight excluding hydrogens is 272 g/mol. The smallest absolute Gasteiger partial charge is 0.323 e. The molecule has 1 rings (SSSR count). The van der Waals surface area contributed by atoms with Gasteiger partial charge in [-0.3, -0.25) is 14.5 Å². The van der Waals surface area contributed by atoms with Crippen LogP contribution in [0.2, 0.25) is 0 Å². The molecule has 1 saturated heterocycles. The van der Waals surface area contributed by atoms with Gasteiger partial charge in [-0.05, 0) is 12.8 Å². The molecule has 1 heterocycles. The summed E-state index contributed by atoms with van der Waals surface area (Å²) < 4.78 is 5.20. The van der Waals surface area contributed by atoms with Crippen molar-refractivity contribution in [3.8, 4) is 0 Å². The first-order valence-corrected chi connectivity index (χ1v) is 7.92. The van der Waals surface area contributed by atoms with Gasteiger partial charge in [0, 0.05) is 19.6 Å². The van der Waals surface area contributed by atoms with Crippen molar-refractivity contribution in [2.45, 2.75) is 45.6 Å². The van der Waals surface area contributed by atoms with Crippen LogP contribution in [0, 0.1) is 0 Å². The van der Waals surface area contributed by atoms with Crippen molar-refractivity contribution < 1.29 is 19.4 Å². The summed E-state index contributed by atoms with van der Waals surface area (Å²) >= 11 is 0. The zero-order valence-corrected chi connectivity index (χ0v) is 13.2. The lowest BCUT2D eigenvalue weighted by molar-refractivity contribution is -0.151. The Morgan fingerprint density at radius 1 is 1.24 bits per heavy atom. The van der Waals surface area contributed by atoms with Crippen LogP contribution >= 0.6 is 0 Å². The Kier molecular flexibility index (Phi) is 8.30. The molecule has 1 N–H and O–H groups in total. The number of unbranched alkanes of at least 4 members (excludes halogenated alkanes) is 2. The number of aliphatic carboxylic acids is 1. The molecule has 0 spiro atoms. The first kappa shape index (κ1) is 17.9. The largest absolute Gasteiger partial charge is 0.480 e. The Morgan fingerprint density at radius 3 is 2.38 bits per heavy atom.